The Bertz CT molecular complexity index is 1180. The lowest BCUT2D eigenvalue weighted by molar-refractivity contribution is 0.222. The van der Waals surface area contributed by atoms with E-state index in [2.05, 4.69) is 16.1 Å². The van der Waals surface area contributed by atoms with Crippen LogP contribution in [0.1, 0.15) is 37.3 Å². The van der Waals surface area contributed by atoms with Crippen LogP contribution in [0.15, 0.2) is 58.3 Å². The molecule has 0 saturated heterocycles. The first-order chi connectivity index (χ1) is 14.4. The summed E-state index contributed by atoms with van der Waals surface area (Å²) in [6.07, 6.45) is 4.61. The molecule has 0 aliphatic heterocycles. The maximum absolute atomic E-state index is 12.7. The van der Waals surface area contributed by atoms with Gasteiger partial charge in [0.2, 0.25) is 0 Å². The molecule has 156 valence electrons. The molecule has 7 nitrogen and oxygen atoms in total. The van der Waals surface area contributed by atoms with Gasteiger partial charge in [0.1, 0.15) is 5.69 Å². The van der Waals surface area contributed by atoms with Crippen LogP contribution in [0.5, 0.6) is 0 Å². The van der Waals surface area contributed by atoms with Crippen molar-refractivity contribution in [2.24, 2.45) is 5.73 Å². The lowest BCUT2D eigenvalue weighted by Gasteiger charge is -2.40. The van der Waals surface area contributed by atoms with Crippen molar-refractivity contribution >= 4 is 17.3 Å². The summed E-state index contributed by atoms with van der Waals surface area (Å²) in [5.41, 5.74) is 13.4. The van der Waals surface area contributed by atoms with E-state index in [1.165, 1.54) is 10.7 Å². The van der Waals surface area contributed by atoms with Gasteiger partial charge in [0, 0.05) is 23.2 Å². The summed E-state index contributed by atoms with van der Waals surface area (Å²) in [4.78, 5) is 27.5. The van der Waals surface area contributed by atoms with Crippen LogP contribution in [-0.4, -0.2) is 21.3 Å². The highest BCUT2D eigenvalue weighted by atomic mass is 35.5. The standard InChI is InChI=1S/C22H24ClN5O2/c23-15-4-1-3-14(11-15)22(13-24)8-6-16(7-9-22)28-21(30)18(25)12-19(27-28)17-5-2-10-26-20(17)29/h1-5,10-12,16H,6-9,13,24-25H2,(H,26,29). The number of nitrogens with one attached hydrogen (secondary N) is 1. The van der Waals surface area contributed by atoms with Gasteiger partial charge in [-0.2, -0.15) is 5.10 Å². The topological polar surface area (TPSA) is 120 Å². The number of benzene rings is 1. The van der Waals surface area contributed by atoms with E-state index in [0.29, 0.717) is 22.8 Å². The number of anilines is 1. The molecule has 1 saturated carbocycles. The number of nitrogens with zero attached hydrogens (tertiary/aromatic N) is 2. The molecule has 0 spiro atoms. The van der Waals surface area contributed by atoms with Gasteiger partial charge < -0.3 is 16.5 Å². The SMILES string of the molecule is NCC1(c2cccc(Cl)c2)CCC(n2nc(-c3ccc[nH]c3=O)cc(N)c2=O)CC1. The summed E-state index contributed by atoms with van der Waals surface area (Å²) in [6.45, 7) is 0.504. The molecule has 1 aromatic carbocycles. The van der Waals surface area contributed by atoms with Crippen molar-refractivity contribution in [2.75, 3.05) is 12.3 Å². The highest BCUT2D eigenvalue weighted by Gasteiger charge is 2.37. The maximum Gasteiger partial charge on any atom is 0.290 e. The highest BCUT2D eigenvalue weighted by molar-refractivity contribution is 6.30. The minimum absolute atomic E-state index is 0.0776. The van der Waals surface area contributed by atoms with Crippen molar-refractivity contribution in [1.82, 2.24) is 14.8 Å². The minimum atomic E-state index is -0.334. The van der Waals surface area contributed by atoms with Crippen LogP contribution in [0.2, 0.25) is 5.02 Å². The van der Waals surface area contributed by atoms with Crippen molar-refractivity contribution in [1.29, 1.82) is 0 Å². The number of aromatic nitrogens is 3. The van der Waals surface area contributed by atoms with Gasteiger partial charge in [-0.3, -0.25) is 9.59 Å². The van der Waals surface area contributed by atoms with Gasteiger partial charge in [0.25, 0.3) is 11.1 Å². The molecule has 3 aromatic rings. The number of nitrogens with two attached hydrogens (primary N) is 2. The van der Waals surface area contributed by atoms with E-state index in [4.69, 9.17) is 23.1 Å². The van der Waals surface area contributed by atoms with Crippen molar-refractivity contribution in [2.45, 2.75) is 37.1 Å². The first kappa shape index (κ1) is 20.4. The number of hydrogen-bond acceptors (Lipinski definition) is 5. The first-order valence-corrected chi connectivity index (χ1v) is 10.3. The monoisotopic (exact) mass is 425 g/mol. The van der Waals surface area contributed by atoms with E-state index in [1.54, 1.807) is 18.3 Å². The van der Waals surface area contributed by atoms with E-state index in [0.717, 1.165) is 31.2 Å². The average molecular weight is 426 g/mol. The van der Waals surface area contributed by atoms with E-state index in [9.17, 15) is 9.59 Å². The number of rotatable bonds is 4. The predicted octanol–water partition coefficient (Wildman–Crippen LogP) is 2.85. The maximum atomic E-state index is 12.7. The number of nitrogen functional groups attached to an aromatic ring is 1. The molecule has 0 bridgehead atoms. The van der Waals surface area contributed by atoms with E-state index >= 15 is 0 Å². The van der Waals surface area contributed by atoms with Gasteiger partial charge in [-0.05, 0) is 61.6 Å². The molecule has 5 N–H and O–H groups in total. The van der Waals surface area contributed by atoms with Crippen LogP contribution in [-0.2, 0) is 5.41 Å². The first-order valence-electron chi connectivity index (χ1n) is 9.97. The molecule has 8 heteroatoms. The van der Waals surface area contributed by atoms with Crippen molar-refractivity contribution in [3.05, 3.63) is 80.0 Å². The third-order valence-corrected chi connectivity index (χ3v) is 6.38. The van der Waals surface area contributed by atoms with Crippen LogP contribution in [0.4, 0.5) is 5.69 Å². The largest absolute Gasteiger partial charge is 0.394 e. The fourth-order valence-corrected chi connectivity index (χ4v) is 4.55. The summed E-state index contributed by atoms with van der Waals surface area (Å²) in [6, 6.07) is 12.5. The number of hydrogen-bond donors (Lipinski definition) is 3. The molecule has 4 rings (SSSR count). The molecule has 30 heavy (non-hydrogen) atoms. The van der Waals surface area contributed by atoms with Crippen LogP contribution in [0, 0.1) is 0 Å². The third kappa shape index (κ3) is 3.66. The lowest BCUT2D eigenvalue weighted by Crippen LogP contribution is -2.41. The van der Waals surface area contributed by atoms with Gasteiger partial charge in [-0.1, -0.05) is 23.7 Å². The highest BCUT2D eigenvalue weighted by Crippen LogP contribution is 2.42. The average Bonchev–Trinajstić information content (AvgIpc) is 2.76. The number of H-pyrrole nitrogens is 1. The number of halogens is 1. The molecule has 1 fully saturated rings. The third-order valence-electron chi connectivity index (χ3n) is 6.14. The fourth-order valence-electron chi connectivity index (χ4n) is 4.36. The summed E-state index contributed by atoms with van der Waals surface area (Å²) < 4.78 is 1.44. The summed E-state index contributed by atoms with van der Waals surface area (Å²) in [5.74, 6) is 0. The van der Waals surface area contributed by atoms with Crippen molar-refractivity contribution in [3.63, 3.8) is 0 Å². The molecule has 0 atom stereocenters. The quantitative estimate of drug-likeness (QED) is 0.593. The zero-order valence-electron chi connectivity index (χ0n) is 16.5. The summed E-state index contributed by atoms with van der Waals surface area (Å²) >= 11 is 6.20. The van der Waals surface area contributed by atoms with Crippen LogP contribution < -0.4 is 22.6 Å². The van der Waals surface area contributed by atoms with Gasteiger partial charge in [0.05, 0.1) is 17.3 Å². The lowest BCUT2D eigenvalue weighted by atomic mass is 9.68. The van der Waals surface area contributed by atoms with E-state index in [-0.39, 0.29) is 28.3 Å². The van der Waals surface area contributed by atoms with Crippen LogP contribution in [0.3, 0.4) is 0 Å². The van der Waals surface area contributed by atoms with Crippen LogP contribution >= 0.6 is 11.6 Å². The van der Waals surface area contributed by atoms with Crippen molar-refractivity contribution < 1.29 is 0 Å². The predicted molar refractivity (Wildman–Crippen MR) is 119 cm³/mol. The van der Waals surface area contributed by atoms with E-state index < -0.39 is 0 Å². The molecule has 2 heterocycles. The molecular formula is C22H24ClN5O2. The van der Waals surface area contributed by atoms with Gasteiger partial charge in [0.15, 0.2) is 0 Å². The number of aromatic amines is 1. The van der Waals surface area contributed by atoms with E-state index in [1.807, 2.05) is 18.2 Å². The van der Waals surface area contributed by atoms with Gasteiger partial charge in [-0.25, -0.2) is 4.68 Å². The second-order valence-corrected chi connectivity index (χ2v) is 8.31. The summed E-state index contributed by atoms with van der Waals surface area (Å²) in [5, 5.41) is 5.19. The Morgan fingerprint density at radius 3 is 2.60 bits per heavy atom. The molecule has 0 unspecified atom stereocenters. The van der Waals surface area contributed by atoms with Crippen molar-refractivity contribution in [3.8, 4) is 11.3 Å². The summed E-state index contributed by atoms with van der Waals surface area (Å²) in [7, 11) is 0. The molecule has 0 amide bonds. The Morgan fingerprint density at radius 1 is 1.17 bits per heavy atom. The Morgan fingerprint density at radius 2 is 1.93 bits per heavy atom. The molecule has 1 aliphatic carbocycles. The normalized spacial score (nSPS) is 21.5. The van der Waals surface area contributed by atoms with Gasteiger partial charge >= 0.3 is 0 Å². The zero-order valence-corrected chi connectivity index (χ0v) is 17.2. The molecule has 2 aromatic heterocycles. The molecular weight excluding hydrogens is 402 g/mol. The Labute approximate surface area is 178 Å². The van der Waals surface area contributed by atoms with Crippen LogP contribution in [0.25, 0.3) is 11.3 Å². The second-order valence-electron chi connectivity index (χ2n) is 7.87. The van der Waals surface area contributed by atoms with Gasteiger partial charge in [-0.15, -0.1) is 0 Å². The smallest absolute Gasteiger partial charge is 0.290 e. The zero-order chi connectivity index (χ0) is 21.3. The molecule has 0 radical (unpaired) electrons. The second kappa shape index (κ2) is 8.08. The molecule has 1 aliphatic rings. The number of pyridine rings is 1. The minimum Gasteiger partial charge on any atom is -0.394 e. The Kier molecular flexibility index (Phi) is 5.49. The Hall–Kier alpha value is -2.90. The fraction of sp³-hybridized carbons (Fsp3) is 0.318. The Balaban J connectivity index is 1.66.